The largest absolute Gasteiger partial charge is 0.321 e. The van der Waals surface area contributed by atoms with Gasteiger partial charge in [-0.05, 0) is 48.6 Å². The molecule has 18 heavy (non-hydrogen) atoms. The lowest BCUT2D eigenvalue weighted by molar-refractivity contribution is 0.211. The molecule has 2 atom stereocenters. The summed E-state index contributed by atoms with van der Waals surface area (Å²) in [5.74, 6) is 0.791. The Hall–Kier alpha value is -0.890. The molecule has 2 rings (SSSR count). The third kappa shape index (κ3) is 2.92. The Labute approximate surface area is 111 Å². The molecule has 1 aromatic rings. The molecule has 0 radical (unpaired) electrons. The highest BCUT2D eigenvalue weighted by Gasteiger charge is 2.34. The van der Waals surface area contributed by atoms with Crippen LogP contribution in [0.1, 0.15) is 58.4 Å². The van der Waals surface area contributed by atoms with Gasteiger partial charge in [-0.25, -0.2) is 0 Å². The second kappa shape index (κ2) is 5.00. The molecule has 100 valence electrons. The molecule has 1 saturated carbocycles. The van der Waals surface area contributed by atoms with Crippen molar-refractivity contribution in [1.82, 2.24) is 4.98 Å². The zero-order valence-electron chi connectivity index (χ0n) is 11.9. The van der Waals surface area contributed by atoms with Crippen LogP contribution in [-0.4, -0.2) is 4.98 Å². The SMILES string of the molecule is CC(C)(C)C1CCCC(N)(c2cccnc2)CC1. The van der Waals surface area contributed by atoms with Gasteiger partial charge in [0, 0.05) is 17.9 Å². The standard InChI is InChI=1S/C16H26N2/c1-15(2,3)13-6-4-9-16(17,10-8-13)14-7-5-11-18-12-14/h5,7,11-13H,4,6,8-10,17H2,1-3H3. The highest BCUT2D eigenvalue weighted by molar-refractivity contribution is 5.20. The quantitative estimate of drug-likeness (QED) is 0.764. The van der Waals surface area contributed by atoms with Crippen LogP contribution in [0.25, 0.3) is 0 Å². The van der Waals surface area contributed by atoms with Crippen molar-refractivity contribution >= 4 is 0 Å². The van der Waals surface area contributed by atoms with Crippen molar-refractivity contribution < 1.29 is 0 Å². The summed E-state index contributed by atoms with van der Waals surface area (Å²) in [6.45, 7) is 7.06. The van der Waals surface area contributed by atoms with E-state index in [-0.39, 0.29) is 5.54 Å². The van der Waals surface area contributed by atoms with Crippen LogP contribution in [0.4, 0.5) is 0 Å². The molecular weight excluding hydrogens is 220 g/mol. The van der Waals surface area contributed by atoms with Crippen LogP contribution < -0.4 is 5.73 Å². The zero-order valence-corrected chi connectivity index (χ0v) is 11.9. The van der Waals surface area contributed by atoms with Gasteiger partial charge in [0.2, 0.25) is 0 Å². The Balaban J connectivity index is 2.14. The van der Waals surface area contributed by atoms with Crippen LogP contribution in [0.5, 0.6) is 0 Å². The Morgan fingerprint density at radius 1 is 1.28 bits per heavy atom. The first-order chi connectivity index (χ1) is 8.42. The molecule has 2 unspecified atom stereocenters. The fourth-order valence-electron chi connectivity index (χ4n) is 3.18. The van der Waals surface area contributed by atoms with Crippen LogP contribution >= 0.6 is 0 Å². The van der Waals surface area contributed by atoms with Gasteiger partial charge in [-0.2, -0.15) is 0 Å². The fraction of sp³-hybridized carbons (Fsp3) is 0.688. The first-order valence-corrected chi connectivity index (χ1v) is 7.11. The Kier molecular flexibility index (Phi) is 3.76. The highest BCUT2D eigenvalue weighted by Crippen LogP contribution is 2.41. The predicted molar refractivity (Wildman–Crippen MR) is 76.1 cm³/mol. The van der Waals surface area contributed by atoms with Crippen molar-refractivity contribution in [3.8, 4) is 0 Å². The molecule has 2 N–H and O–H groups in total. The van der Waals surface area contributed by atoms with Gasteiger partial charge >= 0.3 is 0 Å². The minimum atomic E-state index is -0.158. The molecule has 1 aliphatic carbocycles. The van der Waals surface area contributed by atoms with Crippen molar-refractivity contribution in [2.45, 2.75) is 58.4 Å². The van der Waals surface area contributed by atoms with E-state index in [4.69, 9.17) is 5.73 Å². The van der Waals surface area contributed by atoms with E-state index in [1.165, 1.54) is 24.8 Å². The van der Waals surface area contributed by atoms with Gasteiger partial charge in [0.05, 0.1) is 0 Å². The lowest BCUT2D eigenvalue weighted by Gasteiger charge is -2.31. The first-order valence-electron chi connectivity index (χ1n) is 7.11. The molecule has 0 saturated heterocycles. The maximum atomic E-state index is 6.65. The number of rotatable bonds is 1. The van der Waals surface area contributed by atoms with Crippen molar-refractivity contribution in [3.05, 3.63) is 30.1 Å². The maximum Gasteiger partial charge on any atom is 0.0425 e. The highest BCUT2D eigenvalue weighted by atomic mass is 14.8. The number of pyridine rings is 1. The predicted octanol–water partition coefficient (Wildman–Crippen LogP) is 3.86. The third-order valence-electron chi connectivity index (χ3n) is 4.58. The van der Waals surface area contributed by atoms with E-state index < -0.39 is 0 Å². The lowest BCUT2D eigenvalue weighted by atomic mass is 9.76. The normalized spacial score (nSPS) is 29.9. The molecule has 0 aliphatic heterocycles. The van der Waals surface area contributed by atoms with Crippen LogP contribution in [0.3, 0.4) is 0 Å². The van der Waals surface area contributed by atoms with E-state index in [1.54, 1.807) is 0 Å². The molecule has 2 heteroatoms. The average molecular weight is 246 g/mol. The van der Waals surface area contributed by atoms with Gasteiger partial charge < -0.3 is 5.73 Å². The number of nitrogens with two attached hydrogens (primary N) is 1. The second-order valence-electron chi connectivity index (χ2n) is 6.89. The first kappa shape index (κ1) is 13.5. The average Bonchev–Trinajstić information content (AvgIpc) is 2.53. The van der Waals surface area contributed by atoms with Gasteiger partial charge in [-0.3, -0.25) is 4.98 Å². The Bertz CT molecular complexity index is 380. The lowest BCUT2D eigenvalue weighted by Crippen LogP contribution is -2.36. The maximum absolute atomic E-state index is 6.65. The number of aromatic nitrogens is 1. The summed E-state index contributed by atoms with van der Waals surface area (Å²) < 4.78 is 0. The van der Waals surface area contributed by atoms with Crippen molar-refractivity contribution in [1.29, 1.82) is 0 Å². The zero-order chi connectivity index (χ0) is 13.2. The fourth-order valence-corrected chi connectivity index (χ4v) is 3.18. The molecule has 0 bridgehead atoms. The van der Waals surface area contributed by atoms with E-state index in [9.17, 15) is 0 Å². The van der Waals surface area contributed by atoms with Crippen molar-refractivity contribution in [3.63, 3.8) is 0 Å². The molecule has 0 amide bonds. The van der Waals surface area contributed by atoms with Gasteiger partial charge in [-0.1, -0.05) is 33.3 Å². The van der Waals surface area contributed by atoms with Crippen LogP contribution in [0.15, 0.2) is 24.5 Å². The molecule has 2 nitrogen and oxygen atoms in total. The van der Waals surface area contributed by atoms with Gasteiger partial charge in [0.1, 0.15) is 0 Å². The third-order valence-corrected chi connectivity index (χ3v) is 4.58. The van der Waals surface area contributed by atoms with Crippen LogP contribution in [0, 0.1) is 11.3 Å². The minimum absolute atomic E-state index is 0.158. The van der Waals surface area contributed by atoms with Crippen LogP contribution in [0.2, 0.25) is 0 Å². The molecule has 0 spiro atoms. The molecule has 1 fully saturated rings. The minimum Gasteiger partial charge on any atom is -0.321 e. The van der Waals surface area contributed by atoms with Crippen molar-refractivity contribution in [2.75, 3.05) is 0 Å². The topological polar surface area (TPSA) is 38.9 Å². The molecule has 1 aromatic heterocycles. The number of hydrogen-bond donors (Lipinski definition) is 1. The number of nitrogens with zero attached hydrogens (tertiary/aromatic N) is 1. The van der Waals surface area contributed by atoms with Crippen molar-refractivity contribution in [2.24, 2.45) is 17.1 Å². The summed E-state index contributed by atoms with van der Waals surface area (Å²) in [5, 5.41) is 0. The van der Waals surface area contributed by atoms with Gasteiger partial charge in [-0.15, -0.1) is 0 Å². The summed E-state index contributed by atoms with van der Waals surface area (Å²) in [6.07, 6.45) is 9.70. The molecular formula is C16H26N2. The van der Waals surface area contributed by atoms with Gasteiger partial charge in [0.15, 0.2) is 0 Å². The summed E-state index contributed by atoms with van der Waals surface area (Å²) >= 11 is 0. The Morgan fingerprint density at radius 3 is 2.67 bits per heavy atom. The van der Waals surface area contributed by atoms with E-state index in [0.717, 1.165) is 18.8 Å². The molecule has 1 heterocycles. The van der Waals surface area contributed by atoms with Gasteiger partial charge in [0.25, 0.3) is 0 Å². The molecule has 1 aliphatic rings. The summed E-state index contributed by atoms with van der Waals surface area (Å²) in [6, 6.07) is 4.13. The number of hydrogen-bond acceptors (Lipinski definition) is 2. The van der Waals surface area contributed by atoms with E-state index in [1.807, 2.05) is 18.5 Å². The Morgan fingerprint density at radius 2 is 2.06 bits per heavy atom. The van der Waals surface area contributed by atoms with E-state index >= 15 is 0 Å². The summed E-state index contributed by atoms with van der Waals surface area (Å²) in [7, 11) is 0. The monoisotopic (exact) mass is 246 g/mol. The van der Waals surface area contributed by atoms with E-state index in [0.29, 0.717) is 5.41 Å². The van der Waals surface area contributed by atoms with E-state index in [2.05, 4.69) is 31.8 Å². The molecule has 0 aromatic carbocycles. The summed E-state index contributed by atoms with van der Waals surface area (Å²) in [4.78, 5) is 4.22. The smallest absolute Gasteiger partial charge is 0.0425 e. The van der Waals surface area contributed by atoms with Crippen LogP contribution in [-0.2, 0) is 5.54 Å². The summed E-state index contributed by atoms with van der Waals surface area (Å²) in [5.41, 5.74) is 8.10. The second-order valence-corrected chi connectivity index (χ2v) is 6.89.